The number of sulfone groups is 1. The first-order valence-electron chi connectivity index (χ1n) is 13.4. The third-order valence-corrected chi connectivity index (χ3v) is 11.7. The van der Waals surface area contributed by atoms with Gasteiger partial charge in [0.25, 0.3) is 0 Å². The van der Waals surface area contributed by atoms with Crippen molar-refractivity contribution in [2.45, 2.75) is 60.2 Å². The molecule has 2 aromatic heterocycles. The number of urea groups is 1. The van der Waals surface area contributed by atoms with Gasteiger partial charge in [0.2, 0.25) is 14.2 Å². The van der Waals surface area contributed by atoms with Crippen molar-refractivity contribution in [3.63, 3.8) is 0 Å². The molecule has 212 valence electrons. The molecule has 2 amide bonds. The van der Waals surface area contributed by atoms with E-state index in [2.05, 4.69) is 27.4 Å². The van der Waals surface area contributed by atoms with E-state index in [1.165, 1.54) is 0 Å². The van der Waals surface area contributed by atoms with E-state index in [1.807, 2.05) is 6.07 Å². The van der Waals surface area contributed by atoms with Crippen LogP contribution in [0.5, 0.6) is 0 Å². The Kier molecular flexibility index (Phi) is 6.80. The van der Waals surface area contributed by atoms with Crippen LogP contribution in [-0.4, -0.2) is 72.5 Å². The summed E-state index contributed by atoms with van der Waals surface area (Å²) in [7, 11) is -3.75. The average Bonchev–Trinajstić information content (AvgIpc) is 3.87. The summed E-state index contributed by atoms with van der Waals surface area (Å²) >= 11 is 1.14. The topological polar surface area (TPSA) is 147 Å². The number of thiazole rings is 1. The van der Waals surface area contributed by atoms with E-state index in [1.54, 1.807) is 36.6 Å². The Hall–Kier alpha value is -3.13. The molecular formula is C27H32N6O5S2. The summed E-state index contributed by atoms with van der Waals surface area (Å²) in [6, 6.07) is 8.61. The van der Waals surface area contributed by atoms with Crippen LogP contribution < -0.4 is 15.5 Å². The van der Waals surface area contributed by atoms with Crippen LogP contribution in [0.1, 0.15) is 44.0 Å². The molecule has 0 bridgehead atoms. The van der Waals surface area contributed by atoms with Gasteiger partial charge in [0.05, 0.1) is 37.1 Å². The first-order valence-corrected chi connectivity index (χ1v) is 15.7. The smallest absolute Gasteiger partial charge is 0.319 e. The molecule has 1 atom stereocenters. The summed E-state index contributed by atoms with van der Waals surface area (Å²) in [5, 5.41) is 16.8. The van der Waals surface area contributed by atoms with Crippen LogP contribution in [0.25, 0.3) is 11.4 Å². The van der Waals surface area contributed by atoms with Crippen LogP contribution >= 0.6 is 11.3 Å². The zero-order valence-electron chi connectivity index (χ0n) is 22.4. The SMILES string of the molecule is Cc1csc(S(=O)(=O)C2(c3cc(N4CCOC[C@@H]4C)nc(-c4ccc(NC(=O)NC5(CO)CC5)cc4)n3)CC2)n1. The van der Waals surface area contributed by atoms with Crippen molar-refractivity contribution in [3.8, 4) is 11.4 Å². The van der Waals surface area contributed by atoms with Crippen molar-refractivity contribution < 1.29 is 23.1 Å². The summed E-state index contributed by atoms with van der Waals surface area (Å²) in [5.41, 5.74) is 1.91. The number of carbonyl (C=O) groups excluding carboxylic acids is 1. The highest BCUT2D eigenvalue weighted by Gasteiger charge is 2.59. The van der Waals surface area contributed by atoms with Crippen LogP contribution in [0.4, 0.5) is 16.3 Å². The van der Waals surface area contributed by atoms with E-state index in [0.29, 0.717) is 66.9 Å². The summed E-state index contributed by atoms with van der Waals surface area (Å²) in [6.45, 7) is 5.49. The summed E-state index contributed by atoms with van der Waals surface area (Å²) < 4.78 is 32.2. The molecule has 1 saturated heterocycles. The van der Waals surface area contributed by atoms with E-state index in [4.69, 9.17) is 14.7 Å². The molecule has 13 heteroatoms. The molecule has 0 spiro atoms. The highest BCUT2D eigenvalue weighted by molar-refractivity contribution is 7.94. The molecule has 1 aliphatic heterocycles. The molecule has 0 radical (unpaired) electrons. The van der Waals surface area contributed by atoms with E-state index < -0.39 is 20.1 Å². The number of carbonyl (C=O) groups is 1. The lowest BCUT2D eigenvalue weighted by Gasteiger charge is -2.34. The van der Waals surface area contributed by atoms with Gasteiger partial charge in [-0.05, 0) is 63.8 Å². The van der Waals surface area contributed by atoms with Crippen molar-refractivity contribution in [1.29, 1.82) is 0 Å². The second-order valence-electron chi connectivity index (χ2n) is 10.9. The maximum atomic E-state index is 13.8. The van der Waals surface area contributed by atoms with Gasteiger partial charge in [-0.3, -0.25) is 0 Å². The van der Waals surface area contributed by atoms with Gasteiger partial charge < -0.3 is 25.4 Å². The number of aromatic nitrogens is 3. The standard InChI is InChI=1S/C27H32N6O5S2/c1-17-15-39-25(28-17)40(36,37)27(9-10-27)21-13-22(33-11-12-38-14-18(33)2)31-23(30-21)19-3-5-20(6-4-19)29-24(35)32-26(16-34)7-8-26/h3-6,13,15,18,34H,7-12,14,16H2,1-2H3,(H2,29,32,35)/t18-/m0/s1. The molecule has 2 aliphatic carbocycles. The number of aryl methyl sites for hydroxylation is 1. The van der Waals surface area contributed by atoms with Gasteiger partial charge in [-0.15, -0.1) is 11.3 Å². The van der Waals surface area contributed by atoms with Gasteiger partial charge >= 0.3 is 6.03 Å². The molecule has 11 nitrogen and oxygen atoms in total. The first-order chi connectivity index (χ1) is 19.1. The van der Waals surface area contributed by atoms with Crippen molar-refractivity contribution in [3.05, 3.63) is 47.1 Å². The quantitative estimate of drug-likeness (QED) is 0.363. The number of ether oxygens (including phenoxy) is 1. The molecule has 6 rings (SSSR count). The number of amides is 2. The molecule has 3 fully saturated rings. The third kappa shape index (κ3) is 4.95. The Morgan fingerprint density at radius 3 is 2.52 bits per heavy atom. The Morgan fingerprint density at radius 2 is 1.93 bits per heavy atom. The Morgan fingerprint density at radius 1 is 1.18 bits per heavy atom. The largest absolute Gasteiger partial charge is 0.394 e. The third-order valence-electron chi connectivity index (χ3n) is 7.82. The van der Waals surface area contributed by atoms with Crippen LogP contribution in [0.2, 0.25) is 0 Å². The van der Waals surface area contributed by atoms with E-state index in [0.717, 1.165) is 24.2 Å². The van der Waals surface area contributed by atoms with Crippen molar-refractivity contribution in [2.75, 3.05) is 36.6 Å². The summed E-state index contributed by atoms with van der Waals surface area (Å²) in [6.07, 6.45) is 2.45. The monoisotopic (exact) mass is 584 g/mol. The first kappa shape index (κ1) is 27.1. The lowest BCUT2D eigenvalue weighted by molar-refractivity contribution is 0.0985. The van der Waals surface area contributed by atoms with Gasteiger partial charge in [0.1, 0.15) is 10.6 Å². The molecule has 3 N–H and O–H groups in total. The van der Waals surface area contributed by atoms with Gasteiger partial charge in [0, 0.05) is 34.9 Å². The lowest BCUT2D eigenvalue weighted by atomic mass is 10.1. The summed E-state index contributed by atoms with van der Waals surface area (Å²) in [5.74, 6) is 1.07. The second kappa shape index (κ2) is 10.1. The number of nitrogens with zero attached hydrogens (tertiary/aromatic N) is 4. The molecule has 0 unspecified atom stereocenters. The van der Waals surface area contributed by atoms with E-state index in [9.17, 15) is 18.3 Å². The minimum absolute atomic E-state index is 0.0662. The van der Waals surface area contributed by atoms with Crippen LogP contribution in [-0.2, 0) is 19.3 Å². The number of benzene rings is 1. The number of hydrogen-bond donors (Lipinski definition) is 3. The fourth-order valence-corrected chi connectivity index (χ4v) is 8.26. The van der Waals surface area contributed by atoms with Crippen molar-refractivity contribution in [1.82, 2.24) is 20.3 Å². The van der Waals surface area contributed by atoms with Gasteiger partial charge in [0.15, 0.2) is 5.82 Å². The normalized spacial score (nSPS) is 21.1. The van der Waals surface area contributed by atoms with Gasteiger partial charge in [-0.25, -0.2) is 28.2 Å². The molecule has 1 aromatic carbocycles. The molecule has 40 heavy (non-hydrogen) atoms. The Labute approximate surface area is 236 Å². The summed E-state index contributed by atoms with van der Waals surface area (Å²) in [4.78, 5) is 28.5. The van der Waals surface area contributed by atoms with Crippen LogP contribution in [0.3, 0.4) is 0 Å². The fraction of sp³-hybridized carbons (Fsp3) is 0.481. The predicted molar refractivity (Wildman–Crippen MR) is 151 cm³/mol. The number of nitrogens with one attached hydrogen (secondary N) is 2. The van der Waals surface area contributed by atoms with Crippen LogP contribution in [0, 0.1) is 6.92 Å². The maximum absolute atomic E-state index is 13.8. The number of morpholine rings is 1. The molecule has 2 saturated carbocycles. The molecule has 3 heterocycles. The Balaban J connectivity index is 1.34. The van der Waals surface area contributed by atoms with Gasteiger partial charge in [-0.2, -0.15) is 0 Å². The van der Waals surface area contributed by atoms with E-state index in [-0.39, 0.29) is 23.0 Å². The van der Waals surface area contributed by atoms with Crippen molar-refractivity contribution in [2.24, 2.45) is 0 Å². The number of aliphatic hydroxyl groups is 1. The average molecular weight is 585 g/mol. The van der Waals surface area contributed by atoms with Gasteiger partial charge in [-0.1, -0.05) is 0 Å². The minimum atomic E-state index is -3.75. The number of hydrogen-bond acceptors (Lipinski definition) is 10. The number of aliphatic hydroxyl groups excluding tert-OH is 1. The Bertz CT molecular complexity index is 1530. The predicted octanol–water partition coefficient (Wildman–Crippen LogP) is 3.24. The van der Waals surface area contributed by atoms with Crippen LogP contribution in [0.15, 0.2) is 40.1 Å². The number of rotatable bonds is 8. The highest BCUT2D eigenvalue weighted by atomic mass is 32.2. The second-order valence-corrected chi connectivity index (χ2v) is 14.2. The van der Waals surface area contributed by atoms with Crippen molar-refractivity contribution >= 4 is 38.7 Å². The zero-order chi connectivity index (χ0) is 28.1. The fourth-order valence-electron chi connectivity index (χ4n) is 4.99. The molecule has 3 aromatic rings. The minimum Gasteiger partial charge on any atom is -0.394 e. The number of anilines is 2. The maximum Gasteiger partial charge on any atom is 0.319 e. The molecular weight excluding hydrogens is 552 g/mol. The highest BCUT2D eigenvalue weighted by Crippen LogP contribution is 2.55. The zero-order valence-corrected chi connectivity index (χ0v) is 24.0. The molecule has 3 aliphatic rings. The lowest BCUT2D eigenvalue weighted by Crippen LogP contribution is -2.44. The van der Waals surface area contributed by atoms with E-state index >= 15 is 0 Å².